The van der Waals surface area contributed by atoms with Crippen molar-refractivity contribution in [3.63, 3.8) is 0 Å². The molecular weight excluding hydrogens is 302 g/mol. The quantitative estimate of drug-likeness (QED) is 0.469. The monoisotopic (exact) mass is 332 g/mol. The normalized spacial score (nSPS) is 51.8. The van der Waals surface area contributed by atoms with E-state index < -0.39 is 11.1 Å². The lowest BCUT2D eigenvalue weighted by Gasteiger charge is -2.60. The van der Waals surface area contributed by atoms with Gasteiger partial charge in [-0.2, -0.15) is 0 Å². The Morgan fingerprint density at radius 3 is 2.75 bits per heavy atom. The van der Waals surface area contributed by atoms with Crippen molar-refractivity contribution in [2.45, 2.75) is 71.4 Å². The highest BCUT2D eigenvalue weighted by molar-refractivity contribution is 5.37. The predicted octanol–water partition coefficient (Wildman–Crippen LogP) is 6.70. The van der Waals surface area contributed by atoms with E-state index in [4.69, 9.17) is 0 Å². The Hall–Kier alpha value is -0.920. The molecule has 0 bridgehead atoms. The molecule has 0 radical (unpaired) electrons. The maximum absolute atomic E-state index is 16.6. The van der Waals surface area contributed by atoms with Gasteiger partial charge in [0.2, 0.25) is 0 Å². The van der Waals surface area contributed by atoms with E-state index in [0.29, 0.717) is 12.3 Å². The summed E-state index contributed by atoms with van der Waals surface area (Å²) in [5, 5.41) is 0. The Bertz CT molecular complexity index is 630. The van der Waals surface area contributed by atoms with Gasteiger partial charge in [0.25, 0.3) is 0 Å². The van der Waals surface area contributed by atoms with E-state index in [0.717, 1.165) is 50.4 Å². The van der Waals surface area contributed by atoms with Gasteiger partial charge in [-0.05, 0) is 80.6 Å². The molecule has 0 saturated heterocycles. The van der Waals surface area contributed by atoms with Crippen LogP contribution in [-0.2, 0) is 0 Å². The fourth-order valence-corrected chi connectivity index (χ4v) is 7.06. The van der Waals surface area contributed by atoms with E-state index in [1.165, 1.54) is 5.57 Å². The Balaban J connectivity index is 1.77. The first-order valence-electron chi connectivity index (χ1n) is 9.76. The highest BCUT2D eigenvalue weighted by Gasteiger charge is 2.66. The molecule has 2 heteroatoms. The van der Waals surface area contributed by atoms with Gasteiger partial charge in [-0.25, -0.2) is 8.78 Å². The zero-order valence-electron chi connectivity index (χ0n) is 15.2. The second-order valence-corrected chi connectivity index (χ2v) is 9.04. The summed E-state index contributed by atoms with van der Waals surface area (Å²) >= 11 is 0. The maximum atomic E-state index is 16.6. The molecule has 4 rings (SSSR count). The van der Waals surface area contributed by atoms with E-state index in [1.54, 1.807) is 0 Å². The molecule has 0 amide bonds. The Labute approximate surface area is 145 Å². The molecule has 0 aromatic carbocycles. The van der Waals surface area contributed by atoms with E-state index >= 15 is 4.39 Å². The largest absolute Gasteiger partial charge is 0.242 e. The van der Waals surface area contributed by atoms with Crippen molar-refractivity contribution in [2.75, 3.05) is 0 Å². The summed E-state index contributed by atoms with van der Waals surface area (Å²) in [6.45, 7) is 6.58. The fraction of sp³-hybridized carbons (Fsp3) is 0.727. The van der Waals surface area contributed by atoms with Crippen molar-refractivity contribution >= 4 is 0 Å². The minimum absolute atomic E-state index is 0.0626. The Kier molecular flexibility index (Phi) is 3.64. The van der Waals surface area contributed by atoms with Gasteiger partial charge >= 0.3 is 0 Å². The number of hydrogen-bond acceptors (Lipinski definition) is 0. The van der Waals surface area contributed by atoms with Crippen molar-refractivity contribution in [3.05, 3.63) is 35.7 Å². The van der Waals surface area contributed by atoms with Crippen LogP contribution in [0.1, 0.15) is 65.7 Å². The van der Waals surface area contributed by atoms with Crippen molar-refractivity contribution in [1.29, 1.82) is 0 Å². The van der Waals surface area contributed by atoms with E-state index in [2.05, 4.69) is 39.0 Å². The third kappa shape index (κ3) is 1.83. The summed E-state index contributed by atoms with van der Waals surface area (Å²) in [5.41, 5.74) is 0.711. The van der Waals surface area contributed by atoms with Gasteiger partial charge in [-0.3, -0.25) is 0 Å². The topological polar surface area (TPSA) is 0 Å². The third-order valence-electron chi connectivity index (χ3n) is 8.40. The maximum Gasteiger partial charge on any atom is 0.126 e. The van der Waals surface area contributed by atoms with Gasteiger partial charge in [0.1, 0.15) is 5.67 Å². The lowest BCUT2D eigenvalue weighted by atomic mass is 9.46. The highest BCUT2D eigenvalue weighted by Crippen LogP contribution is 2.70. The minimum Gasteiger partial charge on any atom is -0.242 e. The minimum atomic E-state index is -1.16. The van der Waals surface area contributed by atoms with Crippen molar-refractivity contribution in [1.82, 2.24) is 0 Å². The van der Waals surface area contributed by atoms with Crippen LogP contribution in [0, 0.1) is 28.6 Å². The van der Waals surface area contributed by atoms with Crippen molar-refractivity contribution in [2.24, 2.45) is 28.6 Å². The summed E-state index contributed by atoms with van der Waals surface area (Å²) in [6, 6.07) is 0. The predicted molar refractivity (Wildman–Crippen MR) is 94.9 cm³/mol. The summed E-state index contributed by atoms with van der Waals surface area (Å²) < 4.78 is 30.1. The standard InChI is InChI=1S/C22H30F2/c1-4-17-15(14-23)13-19-18-9-8-16-7-5-6-10-21(16,3)22(18,24)12-11-20(17,19)2/h6-7,10,14,17-19H,4-5,8-9,11-13H2,1-3H3/t17-,18-,19-,20+,21-,22+/m0/s1. The number of fused-ring (bicyclic) bond motifs is 5. The zero-order valence-corrected chi connectivity index (χ0v) is 15.2. The van der Waals surface area contributed by atoms with E-state index in [1.807, 2.05) is 0 Å². The molecule has 6 atom stereocenters. The first kappa shape index (κ1) is 16.5. The molecule has 0 nitrogen and oxygen atoms in total. The number of halogens is 2. The smallest absolute Gasteiger partial charge is 0.126 e. The van der Waals surface area contributed by atoms with Crippen LogP contribution in [0.15, 0.2) is 35.7 Å². The summed E-state index contributed by atoms with van der Waals surface area (Å²) in [4.78, 5) is 0. The van der Waals surface area contributed by atoms with Crippen molar-refractivity contribution < 1.29 is 8.78 Å². The average molecular weight is 332 g/mol. The van der Waals surface area contributed by atoms with Crippen LogP contribution in [0.2, 0.25) is 0 Å². The molecule has 3 fully saturated rings. The van der Waals surface area contributed by atoms with Gasteiger partial charge in [0.05, 0.1) is 6.33 Å². The zero-order chi connectivity index (χ0) is 17.2. The summed E-state index contributed by atoms with van der Waals surface area (Å²) in [6.07, 6.45) is 13.5. The first-order chi connectivity index (χ1) is 11.4. The molecule has 3 saturated carbocycles. The number of alkyl halides is 1. The molecule has 0 unspecified atom stereocenters. The van der Waals surface area contributed by atoms with Gasteiger partial charge in [0.15, 0.2) is 0 Å². The van der Waals surface area contributed by atoms with E-state index in [-0.39, 0.29) is 17.3 Å². The Morgan fingerprint density at radius 1 is 1.25 bits per heavy atom. The summed E-state index contributed by atoms with van der Waals surface area (Å²) in [7, 11) is 0. The van der Waals surface area contributed by atoms with Crippen LogP contribution in [-0.4, -0.2) is 5.67 Å². The lowest BCUT2D eigenvalue weighted by Crippen LogP contribution is -2.59. The molecule has 0 aromatic rings. The van der Waals surface area contributed by atoms with E-state index in [9.17, 15) is 4.39 Å². The van der Waals surface area contributed by atoms with Crippen LogP contribution in [0.25, 0.3) is 0 Å². The van der Waals surface area contributed by atoms with Crippen LogP contribution in [0.4, 0.5) is 8.78 Å². The van der Waals surface area contributed by atoms with Gasteiger partial charge in [0, 0.05) is 5.41 Å². The fourth-order valence-electron chi connectivity index (χ4n) is 7.06. The van der Waals surface area contributed by atoms with Gasteiger partial charge < -0.3 is 0 Å². The number of rotatable bonds is 1. The molecular formula is C22H30F2. The third-order valence-corrected chi connectivity index (χ3v) is 8.40. The van der Waals surface area contributed by atoms with Crippen LogP contribution >= 0.6 is 0 Å². The first-order valence-corrected chi connectivity index (χ1v) is 9.76. The Morgan fingerprint density at radius 2 is 2.04 bits per heavy atom. The van der Waals surface area contributed by atoms with Crippen molar-refractivity contribution in [3.8, 4) is 0 Å². The molecule has 4 aliphatic rings. The molecule has 4 aliphatic carbocycles. The average Bonchev–Trinajstić information content (AvgIpc) is 2.87. The summed E-state index contributed by atoms with van der Waals surface area (Å²) in [5.74, 6) is 0.647. The second kappa shape index (κ2) is 5.29. The lowest BCUT2D eigenvalue weighted by molar-refractivity contribution is -0.126. The number of allylic oxidation sites excluding steroid dienone is 5. The SMILES string of the molecule is CC[C@H]1C(=CF)C[C@H]2[C@@H]3CCC4=CCC=C[C@]4(C)[C@@]3(F)CC[C@]12C. The second-order valence-electron chi connectivity index (χ2n) is 9.04. The molecule has 0 N–H and O–H groups in total. The molecule has 0 spiro atoms. The molecule has 0 heterocycles. The van der Waals surface area contributed by atoms with Crippen LogP contribution in [0.5, 0.6) is 0 Å². The molecule has 132 valence electrons. The van der Waals surface area contributed by atoms with Crippen LogP contribution in [0.3, 0.4) is 0 Å². The highest BCUT2D eigenvalue weighted by atomic mass is 19.1. The molecule has 24 heavy (non-hydrogen) atoms. The molecule has 0 aliphatic heterocycles. The number of hydrogen-bond donors (Lipinski definition) is 0. The van der Waals surface area contributed by atoms with Gasteiger partial charge in [-0.1, -0.05) is 37.6 Å². The molecule has 0 aromatic heterocycles. The van der Waals surface area contributed by atoms with Crippen LogP contribution < -0.4 is 0 Å². The van der Waals surface area contributed by atoms with Gasteiger partial charge in [-0.15, -0.1) is 0 Å².